The molecular formula is C27H34F3N3O7S. The molecule has 0 radical (unpaired) electrons. The van der Waals surface area contributed by atoms with Gasteiger partial charge in [-0.05, 0) is 69.0 Å². The number of ether oxygens (including phenoxy) is 1. The number of rotatable bonds is 8. The van der Waals surface area contributed by atoms with Crippen molar-refractivity contribution in [3.05, 3.63) is 53.6 Å². The molecule has 2 saturated heterocycles. The van der Waals surface area contributed by atoms with Crippen molar-refractivity contribution in [1.29, 1.82) is 0 Å². The molecule has 0 amide bonds. The number of carboxylic acid groups (broad SMARTS) is 2. The number of piperidine rings is 1. The molecule has 2 aromatic rings. The van der Waals surface area contributed by atoms with E-state index in [1.807, 2.05) is 6.92 Å². The Morgan fingerprint density at radius 1 is 1.00 bits per heavy atom. The van der Waals surface area contributed by atoms with Crippen molar-refractivity contribution in [3.63, 3.8) is 0 Å². The standard InChI is InChI=1S/C25H33N3O5S.C2HF3O2/c1-19-2-5-22(6-3-19)34(31,32)26-21-4-7-24(23(18-21)25(29)30)28-12-9-20(10-13-28)8-11-27-14-16-33-17-15-27;3-2(4,5)1(6)7/h2-7,18,20,26H,8-17H2,1H3,(H,29,30);(H,6,7). The molecule has 10 nitrogen and oxygen atoms in total. The van der Waals surface area contributed by atoms with E-state index in [4.69, 9.17) is 14.6 Å². The molecule has 0 unspecified atom stereocenters. The van der Waals surface area contributed by atoms with Crippen LogP contribution in [-0.2, 0) is 19.6 Å². The summed E-state index contributed by atoms with van der Waals surface area (Å²) in [5.74, 6) is -3.19. The zero-order valence-corrected chi connectivity index (χ0v) is 23.4. The van der Waals surface area contributed by atoms with E-state index in [0.717, 1.165) is 70.8 Å². The van der Waals surface area contributed by atoms with Crippen molar-refractivity contribution >= 4 is 33.3 Å². The first-order valence-corrected chi connectivity index (χ1v) is 14.6. The summed E-state index contributed by atoms with van der Waals surface area (Å²) in [5.41, 5.74) is 1.94. The van der Waals surface area contributed by atoms with Gasteiger partial charge in [-0.25, -0.2) is 18.0 Å². The van der Waals surface area contributed by atoms with E-state index >= 15 is 0 Å². The lowest BCUT2D eigenvalue weighted by Crippen LogP contribution is -2.39. The number of carboxylic acids is 2. The molecule has 0 spiro atoms. The van der Waals surface area contributed by atoms with Crippen molar-refractivity contribution in [1.82, 2.24) is 4.90 Å². The molecule has 41 heavy (non-hydrogen) atoms. The smallest absolute Gasteiger partial charge is 0.478 e. The number of sulfonamides is 1. The molecular weight excluding hydrogens is 567 g/mol. The highest BCUT2D eigenvalue weighted by atomic mass is 32.2. The van der Waals surface area contributed by atoms with Crippen LogP contribution in [0.15, 0.2) is 47.4 Å². The minimum atomic E-state index is -5.08. The molecule has 0 saturated carbocycles. The summed E-state index contributed by atoms with van der Waals surface area (Å²) in [6, 6.07) is 11.3. The van der Waals surface area contributed by atoms with Crippen LogP contribution in [0.25, 0.3) is 0 Å². The van der Waals surface area contributed by atoms with Gasteiger partial charge in [-0.3, -0.25) is 9.62 Å². The summed E-state index contributed by atoms with van der Waals surface area (Å²) in [6.45, 7) is 8.19. The molecule has 0 atom stereocenters. The lowest BCUT2D eigenvalue weighted by atomic mass is 9.92. The largest absolute Gasteiger partial charge is 0.490 e. The van der Waals surface area contributed by atoms with Gasteiger partial charge in [0, 0.05) is 31.9 Å². The summed E-state index contributed by atoms with van der Waals surface area (Å²) in [5, 5.41) is 17.0. The normalized spacial score (nSPS) is 16.9. The maximum Gasteiger partial charge on any atom is 0.490 e. The second kappa shape index (κ2) is 14.0. The molecule has 14 heteroatoms. The fourth-order valence-electron chi connectivity index (χ4n) is 4.63. The Balaban J connectivity index is 0.000000587. The summed E-state index contributed by atoms with van der Waals surface area (Å²) >= 11 is 0. The molecule has 2 fully saturated rings. The average molecular weight is 602 g/mol. The van der Waals surface area contributed by atoms with Crippen molar-refractivity contribution in [3.8, 4) is 0 Å². The zero-order chi connectivity index (χ0) is 30.2. The zero-order valence-electron chi connectivity index (χ0n) is 22.6. The van der Waals surface area contributed by atoms with Gasteiger partial charge in [0.2, 0.25) is 0 Å². The van der Waals surface area contributed by atoms with Crippen LogP contribution in [-0.4, -0.2) is 87.6 Å². The number of aryl methyl sites for hydroxylation is 1. The van der Waals surface area contributed by atoms with Gasteiger partial charge in [-0.1, -0.05) is 17.7 Å². The van der Waals surface area contributed by atoms with Gasteiger partial charge in [0.05, 0.1) is 29.4 Å². The maximum atomic E-state index is 12.7. The van der Waals surface area contributed by atoms with Gasteiger partial charge < -0.3 is 19.8 Å². The average Bonchev–Trinajstić information content (AvgIpc) is 2.92. The summed E-state index contributed by atoms with van der Waals surface area (Å²) in [6.07, 6.45) is -1.89. The van der Waals surface area contributed by atoms with Gasteiger partial charge >= 0.3 is 18.1 Å². The molecule has 4 rings (SSSR count). The van der Waals surface area contributed by atoms with Crippen LogP contribution in [0.5, 0.6) is 0 Å². The number of benzene rings is 2. The predicted octanol–water partition coefficient (Wildman–Crippen LogP) is 4.07. The lowest BCUT2D eigenvalue weighted by Gasteiger charge is -2.35. The van der Waals surface area contributed by atoms with Crippen molar-refractivity contribution < 1.29 is 46.1 Å². The van der Waals surface area contributed by atoms with E-state index in [9.17, 15) is 31.5 Å². The number of alkyl halides is 3. The highest BCUT2D eigenvalue weighted by Gasteiger charge is 2.38. The van der Waals surface area contributed by atoms with Crippen LogP contribution in [0.3, 0.4) is 0 Å². The number of morpholine rings is 1. The monoisotopic (exact) mass is 601 g/mol. The third-order valence-electron chi connectivity index (χ3n) is 6.97. The number of halogens is 3. The molecule has 0 aromatic heterocycles. The highest BCUT2D eigenvalue weighted by molar-refractivity contribution is 7.92. The Morgan fingerprint density at radius 2 is 1.59 bits per heavy atom. The minimum absolute atomic E-state index is 0.107. The number of aromatic carboxylic acids is 1. The van der Waals surface area contributed by atoms with E-state index in [1.54, 1.807) is 24.3 Å². The summed E-state index contributed by atoms with van der Waals surface area (Å²) < 4.78 is 65.1. The van der Waals surface area contributed by atoms with Gasteiger partial charge in [0.1, 0.15) is 0 Å². The van der Waals surface area contributed by atoms with Gasteiger partial charge in [0.25, 0.3) is 10.0 Å². The summed E-state index contributed by atoms with van der Waals surface area (Å²) in [4.78, 5) is 25.6. The fraction of sp³-hybridized carbons (Fsp3) is 0.481. The van der Waals surface area contributed by atoms with Gasteiger partial charge in [-0.15, -0.1) is 0 Å². The first-order chi connectivity index (χ1) is 19.3. The predicted molar refractivity (Wildman–Crippen MR) is 146 cm³/mol. The molecule has 226 valence electrons. The molecule has 2 aliphatic rings. The number of aliphatic carboxylic acids is 1. The van der Waals surface area contributed by atoms with Crippen molar-refractivity contribution in [2.75, 3.05) is 55.6 Å². The van der Waals surface area contributed by atoms with Crippen LogP contribution in [0.2, 0.25) is 0 Å². The SMILES string of the molecule is Cc1ccc(S(=O)(=O)Nc2ccc(N3CCC(CCN4CCOCC4)CC3)c(C(=O)O)c2)cc1.O=C(O)C(F)(F)F. The first-order valence-electron chi connectivity index (χ1n) is 13.1. The van der Waals surface area contributed by atoms with Gasteiger partial charge in [0.15, 0.2) is 0 Å². The number of carbonyl (C=O) groups is 2. The lowest BCUT2D eigenvalue weighted by molar-refractivity contribution is -0.192. The Kier molecular flexibility index (Phi) is 11.0. The van der Waals surface area contributed by atoms with Crippen LogP contribution in [0.4, 0.5) is 24.5 Å². The van der Waals surface area contributed by atoms with Crippen molar-refractivity contribution in [2.24, 2.45) is 5.92 Å². The van der Waals surface area contributed by atoms with Gasteiger partial charge in [-0.2, -0.15) is 13.2 Å². The van der Waals surface area contributed by atoms with E-state index in [0.29, 0.717) is 11.6 Å². The van der Waals surface area contributed by atoms with E-state index in [1.165, 1.54) is 18.2 Å². The fourth-order valence-corrected chi connectivity index (χ4v) is 5.68. The quantitative estimate of drug-likeness (QED) is 0.409. The topological polar surface area (TPSA) is 136 Å². The number of anilines is 2. The molecule has 2 aliphatic heterocycles. The third kappa shape index (κ3) is 9.61. The number of hydrogen-bond donors (Lipinski definition) is 3. The van der Waals surface area contributed by atoms with Crippen LogP contribution >= 0.6 is 0 Å². The summed E-state index contributed by atoms with van der Waals surface area (Å²) in [7, 11) is -3.80. The maximum absolute atomic E-state index is 12.7. The van der Waals surface area contributed by atoms with E-state index < -0.39 is 28.1 Å². The minimum Gasteiger partial charge on any atom is -0.478 e. The second-order valence-electron chi connectivity index (χ2n) is 9.93. The first kappa shape index (κ1) is 32.2. The Bertz CT molecular complexity index is 1290. The van der Waals surface area contributed by atoms with Crippen LogP contribution < -0.4 is 9.62 Å². The number of hydrogen-bond acceptors (Lipinski definition) is 7. The van der Waals surface area contributed by atoms with Crippen LogP contribution in [0.1, 0.15) is 35.2 Å². The molecule has 0 aliphatic carbocycles. The Morgan fingerprint density at radius 3 is 2.12 bits per heavy atom. The van der Waals surface area contributed by atoms with E-state index in [-0.39, 0.29) is 16.1 Å². The molecule has 0 bridgehead atoms. The van der Waals surface area contributed by atoms with Crippen molar-refractivity contribution in [2.45, 2.75) is 37.3 Å². The number of nitrogens with zero attached hydrogens (tertiary/aromatic N) is 2. The van der Waals surface area contributed by atoms with E-state index in [2.05, 4.69) is 14.5 Å². The number of nitrogens with one attached hydrogen (secondary N) is 1. The molecule has 2 aromatic carbocycles. The Hall–Kier alpha value is -3.36. The Labute approximate surface area is 236 Å². The van der Waals surface area contributed by atoms with Crippen LogP contribution in [0, 0.1) is 12.8 Å². The molecule has 3 N–H and O–H groups in total. The second-order valence-corrected chi connectivity index (χ2v) is 11.6. The molecule has 2 heterocycles. The third-order valence-corrected chi connectivity index (χ3v) is 8.36. The highest BCUT2D eigenvalue weighted by Crippen LogP contribution is 2.31.